The molecule has 0 fully saturated rings. The third-order valence-electron chi connectivity index (χ3n) is 1.65. The number of nitrogens with one attached hydrogen (secondary N) is 1. The van der Waals surface area contributed by atoms with Crippen molar-refractivity contribution < 1.29 is 5.11 Å². The molecule has 68 valence electrons. The van der Waals surface area contributed by atoms with Crippen LogP contribution in [0.5, 0.6) is 0 Å². The highest BCUT2D eigenvalue weighted by atomic mass is 16.3. The van der Waals surface area contributed by atoms with Gasteiger partial charge in [0.1, 0.15) is 5.60 Å². The maximum atomic E-state index is 9.63. The van der Waals surface area contributed by atoms with Crippen molar-refractivity contribution in [3.8, 4) is 0 Å². The summed E-state index contributed by atoms with van der Waals surface area (Å²) in [6.07, 6.45) is 0. The average Bonchev–Trinajstić information content (AvgIpc) is 2.29. The molecule has 0 saturated carbocycles. The molecule has 5 heteroatoms. The van der Waals surface area contributed by atoms with Crippen LogP contribution in [0.25, 0.3) is 0 Å². The van der Waals surface area contributed by atoms with Crippen molar-refractivity contribution in [1.82, 2.24) is 14.8 Å². The molecule has 0 aromatic carbocycles. The number of nitrogens with zero attached hydrogens (tertiary/aromatic N) is 3. The highest BCUT2D eigenvalue weighted by Crippen LogP contribution is 2.18. The molecule has 0 radical (unpaired) electrons. The van der Waals surface area contributed by atoms with Gasteiger partial charge < -0.3 is 10.4 Å². The molecule has 2 N–H and O–H groups in total. The van der Waals surface area contributed by atoms with Gasteiger partial charge in [0.2, 0.25) is 5.95 Å². The fourth-order valence-corrected chi connectivity index (χ4v) is 1.08. The predicted octanol–water partition coefficient (Wildman–Crippen LogP) is 0.0842. The number of rotatable bonds is 2. The summed E-state index contributed by atoms with van der Waals surface area (Å²) >= 11 is 0. The molecule has 1 aromatic heterocycles. The van der Waals surface area contributed by atoms with Gasteiger partial charge in [0.15, 0.2) is 5.82 Å². The Morgan fingerprint density at radius 2 is 2.00 bits per heavy atom. The molecule has 0 spiro atoms. The van der Waals surface area contributed by atoms with E-state index >= 15 is 0 Å². The summed E-state index contributed by atoms with van der Waals surface area (Å²) in [5.74, 6) is 1.19. The normalized spacial score (nSPS) is 11.8. The van der Waals surface area contributed by atoms with Gasteiger partial charge in [-0.05, 0) is 13.8 Å². The highest BCUT2D eigenvalue weighted by Gasteiger charge is 2.23. The van der Waals surface area contributed by atoms with Gasteiger partial charge in [0, 0.05) is 14.1 Å². The van der Waals surface area contributed by atoms with Crippen molar-refractivity contribution in [2.75, 3.05) is 12.4 Å². The van der Waals surface area contributed by atoms with Gasteiger partial charge in [-0.25, -0.2) is 0 Å². The van der Waals surface area contributed by atoms with Gasteiger partial charge in [0.25, 0.3) is 0 Å². The summed E-state index contributed by atoms with van der Waals surface area (Å²) in [5, 5.41) is 20.2. The predicted molar refractivity (Wildman–Crippen MR) is 45.8 cm³/mol. The number of anilines is 1. The third kappa shape index (κ3) is 1.40. The molecule has 0 aliphatic carbocycles. The zero-order chi connectivity index (χ0) is 9.35. The van der Waals surface area contributed by atoms with Crippen LogP contribution in [-0.4, -0.2) is 26.9 Å². The SMILES string of the molecule is CNc1nnc(C(C)(C)O)n1C. The summed E-state index contributed by atoms with van der Waals surface area (Å²) < 4.78 is 1.72. The van der Waals surface area contributed by atoms with Crippen LogP contribution in [0.15, 0.2) is 0 Å². The minimum atomic E-state index is -0.948. The van der Waals surface area contributed by atoms with Gasteiger partial charge in [-0.2, -0.15) is 0 Å². The molecule has 5 nitrogen and oxygen atoms in total. The summed E-state index contributed by atoms with van der Waals surface area (Å²) in [4.78, 5) is 0. The number of aromatic nitrogens is 3. The van der Waals surface area contributed by atoms with Crippen molar-refractivity contribution >= 4 is 5.95 Å². The topological polar surface area (TPSA) is 63.0 Å². The first-order valence-corrected chi connectivity index (χ1v) is 3.77. The lowest BCUT2D eigenvalue weighted by molar-refractivity contribution is 0.0655. The van der Waals surface area contributed by atoms with E-state index in [4.69, 9.17) is 0 Å². The van der Waals surface area contributed by atoms with E-state index in [-0.39, 0.29) is 0 Å². The first-order chi connectivity index (χ1) is 5.46. The van der Waals surface area contributed by atoms with E-state index in [0.29, 0.717) is 11.8 Å². The van der Waals surface area contributed by atoms with Crippen LogP contribution in [0.4, 0.5) is 5.95 Å². The van der Waals surface area contributed by atoms with E-state index in [1.807, 2.05) is 0 Å². The van der Waals surface area contributed by atoms with Gasteiger partial charge in [-0.15, -0.1) is 10.2 Å². The molecular weight excluding hydrogens is 156 g/mol. The lowest BCUT2D eigenvalue weighted by atomic mass is 10.1. The first kappa shape index (κ1) is 8.99. The van der Waals surface area contributed by atoms with E-state index in [1.165, 1.54) is 0 Å². The molecular formula is C7H14N4O. The van der Waals surface area contributed by atoms with Crippen molar-refractivity contribution in [1.29, 1.82) is 0 Å². The minimum absolute atomic E-state index is 0.548. The molecule has 0 amide bonds. The molecule has 1 heterocycles. The zero-order valence-electron chi connectivity index (χ0n) is 7.79. The molecule has 0 saturated heterocycles. The van der Waals surface area contributed by atoms with E-state index < -0.39 is 5.60 Å². The van der Waals surface area contributed by atoms with Crippen molar-refractivity contribution in [3.05, 3.63) is 5.82 Å². The standard InChI is InChI=1S/C7H14N4O/c1-7(2,12)5-9-10-6(8-3)11(5)4/h12H,1-4H3,(H,8,10). The van der Waals surface area contributed by atoms with Crippen LogP contribution in [0.2, 0.25) is 0 Å². The smallest absolute Gasteiger partial charge is 0.224 e. The molecule has 0 aliphatic rings. The van der Waals surface area contributed by atoms with E-state index in [2.05, 4.69) is 15.5 Å². The Morgan fingerprint density at radius 3 is 2.25 bits per heavy atom. The van der Waals surface area contributed by atoms with Crippen LogP contribution >= 0.6 is 0 Å². The summed E-state index contributed by atoms with van der Waals surface area (Å²) in [6.45, 7) is 3.35. The maximum absolute atomic E-state index is 9.63. The fourth-order valence-electron chi connectivity index (χ4n) is 1.08. The molecule has 0 unspecified atom stereocenters. The van der Waals surface area contributed by atoms with Crippen LogP contribution < -0.4 is 5.32 Å². The number of aliphatic hydroxyl groups is 1. The van der Waals surface area contributed by atoms with Crippen LogP contribution in [0.1, 0.15) is 19.7 Å². The zero-order valence-corrected chi connectivity index (χ0v) is 7.79. The second-order valence-corrected chi connectivity index (χ2v) is 3.22. The number of hydrogen-bond acceptors (Lipinski definition) is 4. The highest BCUT2D eigenvalue weighted by molar-refractivity contribution is 5.25. The lowest BCUT2D eigenvalue weighted by Crippen LogP contribution is -2.21. The Labute approximate surface area is 71.4 Å². The first-order valence-electron chi connectivity index (χ1n) is 3.77. The molecule has 0 atom stereocenters. The van der Waals surface area contributed by atoms with Gasteiger partial charge in [-0.3, -0.25) is 4.57 Å². The Balaban J connectivity index is 3.11. The number of hydrogen-bond donors (Lipinski definition) is 2. The summed E-state index contributed by atoms with van der Waals surface area (Å²) in [5.41, 5.74) is -0.948. The van der Waals surface area contributed by atoms with Crippen molar-refractivity contribution in [2.24, 2.45) is 7.05 Å². The Hall–Kier alpha value is -1.10. The second-order valence-electron chi connectivity index (χ2n) is 3.22. The molecule has 0 aliphatic heterocycles. The van der Waals surface area contributed by atoms with Gasteiger partial charge in [0.05, 0.1) is 0 Å². The lowest BCUT2D eigenvalue weighted by Gasteiger charge is -2.15. The Kier molecular flexibility index (Phi) is 2.06. The van der Waals surface area contributed by atoms with Gasteiger partial charge in [-0.1, -0.05) is 0 Å². The van der Waals surface area contributed by atoms with Crippen LogP contribution in [-0.2, 0) is 12.6 Å². The van der Waals surface area contributed by atoms with E-state index in [0.717, 1.165) is 0 Å². The van der Waals surface area contributed by atoms with E-state index in [1.54, 1.807) is 32.5 Å². The Bertz CT molecular complexity index is 273. The largest absolute Gasteiger partial charge is 0.382 e. The van der Waals surface area contributed by atoms with Crippen LogP contribution in [0, 0.1) is 0 Å². The van der Waals surface area contributed by atoms with Gasteiger partial charge >= 0.3 is 0 Å². The fraction of sp³-hybridized carbons (Fsp3) is 0.714. The summed E-state index contributed by atoms with van der Waals surface area (Å²) in [7, 11) is 3.57. The van der Waals surface area contributed by atoms with Crippen LogP contribution in [0.3, 0.4) is 0 Å². The molecule has 0 bridgehead atoms. The van der Waals surface area contributed by atoms with E-state index in [9.17, 15) is 5.11 Å². The molecule has 1 aromatic rings. The maximum Gasteiger partial charge on any atom is 0.224 e. The Morgan fingerprint density at radius 1 is 1.42 bits per heavy atom. The minimum Gasteiger partial charge on any atom is -0.382 e. The monoisotopic (exact) mass is 170 g/mol. The van der Waals surface area contributed by atoms with Crippen molar-refractivity contribution in [2.45, 2.75) is 19.4 Å². The average molecular weight is 170 g/mol. The second kappa shape index (κ2) is 2.75. The summed E-state index contributed by atoms with van der Waals surface area (Å²) in [6, 6.07) is 0. The quantitative estimate of drug-likeness (QED) is 0.660. The molecule has 12 heavy (non-hydrogen) atoms. The molecule has 1 rings (SSSR count). The third-order valence-corrected chi connectivity index (χ3v) is 1.65. The van der Waals surface area contributed by atoms with Crippen molar-refractivity contribution in [3.63, 3.8) is 0 Å².